The van der Waals surface area contributed by atoms with Crippen molar-refractivity contribution in [2.45, 2.75) is 27.2 Å². The highest BCUT2D eigenvalue weighted by Gasteiger charge is 2.04. The van der Waals surface area contributed by atoms with Gasteiger partial charge in [0.15, 0.2) is 0 Å². The third kappa shape index (κ3) is 2.73. The normalized spacial score (nSPS) is 12.7. The second-order valence-corrected chi connectivity index (χ2v) is 3.81. The van der Waals surface area contributed by atoms with Crippen LogP contribution in [0.15, 0.2) is 54.6 Å². The molecule has 0 spiro atoms. The molecule has 84 valence electrons. The van der Waals surface area contributed by atoms with Crippen LogP contribution in [0.2, 0.25) is 0 Å². The molecule has 0 fully saturated rings. The van der Waals surface area contributed by atoms with Crippen molar-refractivity contribution in [3.8, 4) is 0 Å². The first-order chi connectivity index (χ1) is 7.74. The zero-order chi connectivity index (χ0) is 12.0. The fraction of sp³-hybridized carbons (Fsp3) is 0.250. The van der Waals surface area contributed by atoms with Crippen molar-refractivity contribution in [3.63, 3.8) is 0 Å². The Bertz CT molecular complexity index is 419. The van der Waals surface area contributed by atoms with Gasteiger partial charge in [0.1, 0.15) is 0 Å². The maximum Gasteiger partial charge on any atom is -0.0152 e. The molecule has 0 amide bonds. The van der Waals surface area contributed by atoms with Gasteiger partial charge in [0.25, 0.3) is 0 Å². The standard InChI is InChI=1S/C16H20/c1-5-10-16(14(6-2)7-3)15-12-9-8-11-13(15)4/h5-6,8-12H,2,7H2,1,3-4H3/b10-5-,16-14-. The largest absolute Gasteiger partial charge is 0.0988 e. The first-order valence-electron chi connectivity index (χ1n) is 5.78. The van der Waals surface area contributed by atoms with Gasteiger partial charge in [0.05, 0.1) is 0 Å². The van der Waals surface area contributed by atoms with E-state index in [-0.39, 0.29) is 0 Å². The molecule has 1 aromatic rings. The number of allylic oxidation sites excluding steroid dienone is 5. The van der Waals surface area contributed by atoms with Crippen LogP contribution in [-0.2, 0) is 0 Å². The average Bonchev–Trinajstić information content (AvgIpc) is 2.30. The number of hydrogen-bond donors (Lipinski definition) is 0. The number of hydrogen-bond acceptors (Lipinski definition) is 0. The monoisotopic (exact) mass is 212 g/mol. The summed E-state index contributed by atoms with van der Waals surface area (Å²) in [5, 5.41) is 0. The minimum atomic E-state index is 1.01. The molecule has 0 heterocycles. The van der Waals surface area contributed by atoms with Crippen LogP contribution in [0.5, 0.6) is 0 Å². The van der Waals surface area contributed by atoms with Crippen LogP contribution in [0.25, 0.3) is 5.57 Å². The van der Waals surface area contributed by atoms with Crippen molar-refractivity contribution in [2.75, 3.05) is 0 Å². The van der Waals surface area contributed by atoms with E-state index >= 15 is 0 Å². The van der Waals surface area contributed by atoms with E-state index in [0.29, 0.717) is 0 Å². The highest BCUT2D eigenvalue weighted by Crippen LogP contribution is 2.25. The van der Waals surface area contributed by atoms with E-state index in [1.807, 2.05) is 6.08 Å². The molecule has 0 atom stereocenters. The van der Waals surface area contributed by atoms with Crippen LogP contribution in [0.4, 0.5) is 0 Å². The average molecular weight is 212 g/mol. The Balaban J connectivity index is 3.39. The lowest BCUT2D eigenvalue weighted by molar-refractivity contribution is 1.15. The summed E-state index contributed by atoms with van der Waals surface area (Å²) in [4.78, 5) is 0. The van der Waals surface area contributed by atoms with Gasteiger partial charge in [-0.25, -0.2) is 0 Å². The van der Waals surface area contributed by atoms with Crippen molar-refractivity contribution in [3.05, 3.63) is 65.8 Å². The first-order valence-corrected chi connectivity index (χ1v) is 5.78. The van der Waals surface area contributed by atoms with Gasteiger partial charge in [0, 0.05) is 0 Å². The Morgan fingerprint density at radius 2 is 2.00 bits per heavy atom. The van der Waals surface area contributed by atoms with Crippen LogP contribution in [-0.4, -0.2) is 0 Å². The van der Waals surface area contributed by atoms with E-state index in [0.717, 1.165) is 6.42 Å². The molecule has 0 unspecified atom stereocenters. The summed E-state index contributed by atoms with van der Waals surface area (Å²) in [6, 6.07) is 8.48. The summed E-state index contributed by atoms with van der Waals surface area (Å²) in [6.45, 7) is 10.3. The zero-order valence-corrected chi connectivity index (χ0v) is 10.5. The van der Waals surface area contributed by atoms with Gasteiger partial charge in [0.2, 0.25) is 0 Å². The Morgan fingerprint density at radius 3 is 2.50 bits per heavy atom. The smallest absolute Gasteiger partial charge is 0.0152 e. The van der Waals surface area contributed by atoms with Gasteiger partial charge in [-0.2, -0.15) is 0 Å². The topological polar surface area (TPSA) is 0 Å². The second-order valence-electron chi connectivity index (χ2n) is 3.81. The molecule has 0 aromatic heterocycles. The maximum atomic E-state index is 3.90. The van der Waals surface area contributed by atoms with Gasteiger partial charge in [-0.05, 0) is 42.5 Å². The fourth-order valence-corrected chi connectivity index (χ4v) is 1.86. The van der Waals surface area contributed by atoms with E-state index in [9.17, 15) is 0 Å². The molecular formula is C16H20. The molecule has 0 aliphatic rings. The van der Waals surface area contributed by atoms with Gasteiger partial charge in [-0.3, -0.25) is 0 Å². The lowest BCUT2D eigenvalue weighted by Crippen LogP contribution is -1.90. The van der Waals surface area contributed by atoms with E-state index in [1.54, 1.807) is 0 Å². The third-order valence-electron chi connectivity index (χ3n) is 2.74. The quantitative estimate of drug-likeness (QED) is 0.621. The molecular weight excluding hydrogens is 192 g/mol. The highest BCUT2D eigenvalue weighted by molar-refractivity contribution is 5.79. The third-order valence-corrected chi connectivity index (χ3v) is 2.74. The second kappa shape index (κ2) is 6.12. The van der Waals surface area contributed by atoms with Crippen LogP contribution < -0.4 is 0 Å². The molecule has 0 radical (unpaired) electrons. The highest BCUT2D eigenvalue weighted by atomic mass is 14.1. The lowest BCUT2D eigenvalue weighted by atomic mass is 9.94. The summed E-state index contributed by atoms with van der Waals surface area (Å²) in [5.41, 5.74) is 5.20. The summed E-state index contributed by atoms with van der Waals surface area (Å²) in [7, 11) is 0. The minimum Gasteiger partial charge on any atom is -0.0988 e. The van der Waals surface area contributed by atoms with Crippen molar-refractivity contribution in [1.29, 1.82) is 0 Å². The molecule has 0 nitrogen and oxygen atoms in total. The molecule has 1 rings (SSSR count). The Kier molecular flexibility index (Phi) is 4.78. The van der Waals surface area contributed by atoms with Crippen molar-refractivity contribution in [2.24, 2.45) is 0 Å². The summed E-state index contributed by atoms with van der Waals surface area (Å²) in [5.74, 6) is 0. The molecule has 0 N–H and O–H groups in total. The predicted octanol–water partition coefficient (Wildman–Crippen LogP) is 4.92. The molecule has 1 aromatic carbocycles. The number of benzene rings is 1. The van der Waals surface area contributed by atoms with Crippen LogP contribution in [0, 0.1) is 6.92 Å². The fourth-order valence-electron chi connectivity index (χ4n) is 1.86. The predicted molar refractivity (Wildman–Crippen MR) is 73.4 cm³/mol. The van der Waals surface area contributed by atoms with E-state index in [1.165, 1.54) is 22.3 Å². The van der Waals surface area contributed by atoms with Gasteiger partial charge in [-0.15, -0.1) is 0 Å². The summed E-state index contributed by atoms with van der Waals surface area (Å²) in [6.07, 6.45) is 7.23. The van der Waals surface area contributed by atoms with Crippen LogP contribution in [0.3, 0.4) is 0 Å². The minimum absolute atomic E-state index is 1.01. The molecule has 0 saturated carbocycles. The zero-order valence-electron chi connectivity index (χ0n) is 10.5. The van der Waals surface area contributed by atoms with Crippen molar-refractivity contribution < 1.29 is 0 Å². The summed E-state index contributed by atoms with van der Waals surface area (Å²) < 4.78 is 0. The van der Waals surface area contributed by atoms with Gasteiger partial charge in [-0.1, -0.05) is 56.0 Å². The lowest BCUT2D eigenvalue weighted by Gasteiger charge is -2.10. The number of aryl methyl sites for hydroxylation is 1. The Morgan fingerprint density at radius 1 is 1.31 bits per heavy atom. The van der Waals surface area contributed by atoms with Crippen molar-refractivity contribution >= 4 is 5.57 Å². The molecule has 0 heteroatoms. The maximum absolute atomic E-state index is 3.90. The molecule has 0 saturated heterocycles. The van der Waals surface area contributed by atoms with Gasteiger partial charge >= 0.3 is 0 Å². The SMILES string of the molecule is C=C/C(CC)=C(\C=C/C)c1ccccc1C. The van der Waals surface area contributed by atoms with Crippen LogP contribution in [0.1, 0.15) is 31.4 Å². The van der Waals surface area contributed by atoms with E-state index < -0.39 is 0 Å². The Hall–Kier alpha value is -1.56. The molecule has 0 bridgehead atoms. The van der Waals surface area contributed by atoms with E-state index in [2.05, 4.69) is 63.8 Å². The number of rotatable bonds is 4. The molecule has 0 aliphatic heterocycles. The summed E-state index contributed by atoms with van der Waals surface area (Å²) >= 11 is 0. The van der Waals surface area contributed by atoms with Crippen LogP contribution >= 0.6 is 0 Å². The van der Waals surface area contributed by atoms with Crippen molar-refractivity contribution in [1.82, 2.24) is 0 Å². The molecule has 16 heavy (non-hydrogen) atoms. The van der Waals surface area contributed by atoms with Gasteiger partial charge < -0.3 is 0 Å². The Labute approximate surface area is 99.0 Å². The van der Waals surface area contributed by atoms with E-state index in [4.69, 9.17) is 0 Å². The first kappa shape index (κ1) is 12.5. The molecule has 0 aliphatic carbocycles.